The number of carbonyl (C=O) groups excluding carboxylic acids is 1. The summed E-state index contributed by atoms with van der Waals surface area (Å²) in [5.41, 5.74) is 2.95. The molecule has 3 rings (SSSR count). The zero-order valence-electron chi connectivity index (χ0n) is 17.6. The Kier molecular flexibility index (Phi) is 8.95. The van der Waals surface area contributed by atoms with Crippen molar-refractivity contribution >= 4 is 59.5 Å². The molecule has 33 heavy (non-hydrogen) atoms. The number of rotatable bonds is 8. The van der Waals surface area contributed by atoms with Gasteiger partial charge in [-0.05, 0) is 69.9 Å². The van der Waals surface area contributed by atoms with Crippen molar-refractivity contribution in [2.45, 2.75) is 17.9 Å². The van der Waals surface area contributed by atoms with E-state index in [2.05, 4.69) is 47.2 Å². The van der Waals surface area contributed by atoms with Gasteiger partial charge in [-0.15, -0.1) is 0 Å². The molecule has 3 aromatic carbocycles. The van der Waals surface area contributed by atoms with Gasteiger partial charge in [0.25, 0.3) is 0 Å². The van der Waals surface area contributed by atoms with Gasteiger partial charge in [-0.1, -0.05) is 63.9 Å². The Labute approximate surface area is 215 Å². The second-order valence-electron chi connectivity index (χ2n) is 7.19. The molecule has 0 saturated carbocycles. The van der Waals surface area contributed by atoms with Gasteiger partial charge in [0.2, 0.25) is 10.0 Å². The third-order valence-electron chi connectivity index (χ3n) is 4.82. The predicted octanol–water partition coefficient (Wildman–Crippen LogP) is 5.87. The van der Waals surface area contributed by atoms with Crippen LogP contribution in [0.2, 0.25) is 5.02 Å². The topological polar surface area (TPSA) is 87.3 Å². The number of nitrogens with one attached hydrogen (secondary N) is 3. The maximum atomic E-state index is 12.5. The van der Waals surface area contributed by atoms with E-state index in [0.29, 0.717) is 14.0 Å². The highest BCUT2D eigenvalue weighted by molar-refractivity contribution is 9.11. The van der Waals surface area contributed by atoms with E-state index < -0.39 is 16.1 Å². The van der Waals surface area contributed by atoms with E-state index in [9.17, 15) is 13.2 Å². The molecule has 3 aromatic rings. The van der Waals surface area contributed by atoms with E-state index in [0.717, 1.165) is 16.7 Å². The van der Waals surface area contributed by atoms with Crippen molar-refractivity contribution in [1.29, 1.82) is 0 Å². The van der Waals surface area contributed by atoms with Crippen LogP contribution in [0, 0.1) is 0 Å². The van der Waals surface area contributed by atoms with Crippen LogP contribution in [0.25, 0.3) is 11.1 Å². The summed E-state index contributed by atoms with van der Waals surface area (Å²) in [6, 6.07) is 19.5. The summed E-state index contributed by atoms with van der Waals surface area (Å²) < 4.78 is 28.6. The number of hydrogen-bond acceptors (Lipinski definition) is 3. The molecule has 0 spiro atoms. The summed E-state index contributed by atoms with van der Waals surface area (Å²) >= 11 is 12.5. The fourth-order valence-corrected chi connectivity index (χ4v) is 5.87. The molecule has 174 valence electrons. The van der Waals surface area contributed by atoms with Crippen molar-refractivity contribution in [1.82, 2.24) is 15.4 Å². The highest BCUT2D eigenvalue weighted by atomic mass is 79.9. The van der Waals surface area contributed by atoms with E-state index in [4.69, 9.17) is 11.6 Å². The van der Waals surface area contributed by atoms with Crippen LogP contribution in [-0.2, 0) is 10.0 Å². The minimum absolute atomic E-state index is 0.0461. The molecule has 0 aliphatic heterocycles. The van der Waals surface area contributed by atoms with Crippen LogP contribution in [0.15, 0.2) is 80.6 Å². The average Bonchev–Trinajstić information content (AvgIpc) is 2.79. The Morgan fingerprint density at radius 3 is 2.42 bits per heavy atom. The number of hydrogen-bond donors (Lipinski definition) is 3. The summed E-state index contributed by atoms with van der Waals surface area (Å²) in [6.07, 6.45) is 0. The lowest BCUT2D eigenvalue weighted by atomic mass is 9.95. The molecule has 0 aromatic heterocycles. The second-order valence-corrected chi connectivity index (χ2v) is 11.1. The minimum atomic E-state index is -3.72. The first-order valence-corrected chi connectivity index (χ1v) is 13.5. The number of halogens is 3. The molecule has 3 N–H and O–H groups in total. The van der Waals surface area contributed by atoms with Crippen LogP contribution in [0.4, 0.5) is 4.79 Å². The summed E-state index contributed by atoms with van der Waals surface area (Å²) in [5.74, 6) is 0. The Morgan fingerprint density at radius 1 is 1.00 bits per heavy atom. The maximum absolute atomic E-state index is 12.5. The lowest BCUT2D eigenvalue weighted by Crippen LogP contribution is -2.41. The lowest BCUT2D eigenvalue weighted by molar-refractivity contribution is 0.238. The number of urea groups is 1. The Bertz CT molecular complexity index is 1240. The lowest BCUT2D eigenvalue weighted by Gasteiger charge is -2.19. The van der Waals surface area contributed by atoms with E-state index >= 15 is 0 Å². The highest BCUT2D eigenvalue weighted by Crippen LogP contribution is 2.29. The van der Waals surface area contributed by atoms with Gasteiger partial charge in [-0.3, -0.25) is 0 Å². The van der Waals surface area contributed by atoms with Gasteiger partial charge in [0.05, 0.1) is 10.9 Å². The Balaban J connectivity index is 1.55. The summed E-state index contributed by atoms with van der Waals surface area (Å²) in [6.45, 7) is 2.06. The van der Waals surface area contributed by atoms with E-state index in [1.165, 1.54) is 6.07 Å². The van der Waals surface area contributed by atoms with Gasteiger partial charge in [0.15, 0.2) is 0 Å². The standard InChI is InChI=1S/C23H22Br2ClN3O3S/c1-15(19-4-2-3-5-20(19)16-6-9-18(26)10-7-16)29-23(30)27-12-13-28-33(31,32)22-14-17(24)8-11-21(22)25/h2-11,14-15,28H,12-13H2,1H3,(H2,27,29,30). The molecule has 0 radical (unpaired) electrons. The summed E-state index contributed by atoms with van der Waals surface area (Å²) in [5, 5.41) is 6.24. The van der Waals surface area contributed by atoms with Crippen molar-refractivity contribution in [2.75, 3.05) is 13.1 Å². The first-order valence-electron chi connectivity index (χ1n) is 10.0. The number of benzene rings is 3. The van der Waals surface area contributed by atoms with Gasteiger partial charge in [0, 0.05) is 27.1 Å². The first kappa shape index (κ1) is 25.7. The SMILES string of the molecule is CC(NC(=O)NCCNS(=O)(=O)c1cc(Br)ccc1Br)c1ccccc1-c1ccc(Cl)cc1. The predicted molar refractivity (Wildman–Crippen MR) is 139 cm³/mol. The second kappa shape index (κ2) is 11.5. The fourth-order valence-electron chi connectivity index (χ4n) is 3.21. The van der Waals surface area contributed by atoms with Crippen LogP contribution in [0.1, 0.15) is 18.5 Å². The molecule has 0 saturated heterocycles. The molecule has 1 atom stereocenters. The Hall–Kier alpha value is -1.91. The van der Waals surface area contributed by atoms with Crippen molar-refractivity contribution in [3.8, 4) is 11.1 Å². The largest absolute Gasteiger partial charge is 0.337 e. The maximum Gasteiger partial charge on any atom is 0.315 e. The zero-order valence-corrected chi connectivity index (χ0v) is 22.4. The number of sulfonamides is 1. The van der Waals surface area contributed by atoms with Gasteiger partial charge in [0.1, 0.15) is 0 Å². The molecular weight excluding hydrogens is 594 g/mol. The van der Waals surface area contributed by atoms with Crippen LogP contribution >= 0.6 is 43.5 Å². The molecule has 6 nitrogen and oxygen atoms in total. The molecule has 2 amide bonds. The van der Waals surface area contributed by atoms with Gasteiger partial charge >= 0.3 is 6.03 Å². The monoisotopic (exact) mass is 613 g/mol. The normalized spacial score (nSPS) is 12.2. The van der Waals surface area contributed by atoms with Crippen LogP contribution < -0.4 is 15.4 Å². The van der Waals surface area contributed by atoms with E-state index in [1.807, 2.05) is 55.5 Å². The molecule has 0 aliphatic rings. The summed E-state index contributed by atoms with van der Waals surface area (Å²) in [4.78, 5) is 12.5. The van der Waals surface area contributed by atoms with E-state index in [-0.39, 0.29) is 24.0 Å². The zero-order chi connectivity index (χ0) is 24.0. The highest BCUT2D eigenvalue weighted by Gasteiger charge is 2.18. The Morgan fingerprint density at radius 2 is 1.70 bits per heavy atom. The van der Waals surface area contributed by atoms with E-state index in [1.54, 1.807) is 12.1 Å². The smallest absolute Gasteiger partial charge is 0.315 e. The van der Waals surface area contributed by atoms with Crippen molar-refractivity contribution in [3.05, 3.63) is 86.3 Å². The third-order valence-corrected chi connectivity index (χ3v) is 8.02. The summed E-state index contributed by atoms with van der Waals surface area (Å²) in [7, 11) is -3.72. The molecular formula is C23H22Br2ClN3O3S. The number of carbonyl (C=O) groups is 1. The number of amides is 2. The molecule has 0 fully saturated rings. The van der Waals surface area contributed by atoms with Crippen molar-refractivity contribution in [2.24, 2.45) is 0 Å². The van der Waals surface area contributed by atoms with Gasteiger partial charge in [-0.25, -0.2) is 17.9 Å². The van der Waals surface area contributed by atoms with Gasteiger partial charge < -0.3 is 10.6 Å². The first-order chi connectivity index (χ1) is 15.7. The molecule has 1 unspecified atom stereocenters. The van der Waals surface area contributed by atoms with Gasteiger partial charge in [-0.2, -0.15) is 0 Å². The average molecular weight is 616 g/mol. The molecule has 10 heteroatoms. The minimum Gasteiger partial charge on any atom is -0.337 e. The van der Waals surface area contributed by atoms with Crippen LogP contribution in [0.5, 0.6) is 0 Å². The third kappa shape index (κ3) is 7.04. The van der Waals surface area contributed by atoms with Crippen LogP contribution in [-0.4, -0.2) is 27.5 Å². The molecule has 0 heterocycles. The van der Waals surface area contributed by atoms with Crippen LogP contribution in [0.3, 0.4) is 0 Å². The molecule has 0 bridgehead atoms. The quantitative estimate of drug-likeness (QED) is 0.277. The molecule has 0 aliphatic carbocycles. The fraction of sp³-hybridized carbons (Fsp3) is 0.174. The van der Waals surface area contributed by atoms with Crippen molar-refractivity contribution in [3.63, 3.8) is 0 Å². The van der Waals surface area contributed by atoms with Crippen molar-refractivity contribution < 1.29 is 13.2 Å².